The number of carbonyl (C=O) groups excluding carboxylic acids is 2. The summed E-state index contributed by atoms with van der Waals surface area (Å²) in [5.41, 5.74) is 1.52. The van der Waals surface area contributed by atoms with Gasteiger partial charge in [-0.3, -0.25) is 24.7 Å². The summed E-state index contributed by atoms with van der Waals surface area (Å²) in [7, 11) is 0. The fraction of sp³-hybridized carbons (Fsp3) is 0.278. The Morgan fingerprint density at radius 3 is 2.52 bits per heavy atom. The summed E-state index contributed by atoms with van der Waals surface area (Å²) in [6.07, 6.45) is 4.60. The first-order valence-corrected chi connectivity index (χ1v) is 9.18. The van der Waals surface area contributed by atoms with Crippen molar-refractivity contribution >= 4 is 45.2 Å². The van der Waals surface area contributed by atoms with Crippen LogP contribution in [0.1, 0.15) is 23.2 Å². The van der Waals surface area contributed by atoms with E-state index in [4.69, 9.17) is 0 Å². The van der Waals surface area contributed by atoms with Gasteiger partial charge in [-0.2, -0.15) is 0 Å². The van der Waals surface area contributed by atoms with Gasteiger partial charge in [-0.05, 0) is 53.0 Å². The number of hydrogen-bond donors (Lipinski definition) is 1. The Bertz CT molecular complexity index is 864. The van der Waals surface area contributed by atoms with Crippen molar-refractivity contribution in [3.8, 4) is 0 Å². The van der Waals surface area contributed by atoms with Crippen molar-refractivity contribution in [1.29, 1.82) is 0 Å². The molecule has 0 aliphatic carbocycles. The van der Waals surface area contributed by atoms with Gasteiger partial charge in [0, 0.05) is 36.5 Å². The van der Waals surface area contributed by atoms with Crippen molar-refractivity contribution in [3.05, 3.63) is 56.8 Å². The lowest BCUT2D eigenvalue weighted by Crippen LogP contribution is -2.38. The molecule has 0 atom stereocenters. The number of aldehydes is 1. The van der Waals surface area contributed by atoms with Crippen molar-refractivity contribution in [2.24, 2.45) is 5.92 Å². The van der Waals surface area contributed by atoms with Gasteiger partial charge in [-0.15, -0.1) is 0 Å². The number of benzene rings is 1. The first-order chi connectivity index (χ1) is 13.0. The number of aromatic nitrogens is 1. The largest absolute Gasteiger partial charge is 0.371 e. The average molecular weight is 433 g/mol. The highest BCUT2D eigenvalue weighted by molar-refractivity contribution is 9.10. The Morgan fingerprint density at radius 2 is 1.93 bits per heavy atom. The first kappa shape index (κ1) is 19.0. The number of anilines is 2. The summed E-state index contributed by atoms with van der Waals surface area (Å²) in [6, 6.07) is 7.31. The van der Waals surface area contributed by atoms with E-state index in [-0.39, 0.29) is 23.2 Å². The average Bonchev–Trinajstić information content (AvgIpc) is 2.69. The highest BCUT2D eigenvalue weighted by atomic mass is 79.9. The molecule has 3 rings (SSSR count). The van der Waals surface area contributed by atoms with Crippen LogP contribution in [-0.4, -0.2) is 35.2 Å². The number of halogens is 1. The second-order valence-electron chi connectivity index (χ2n) is 6.23. The Hall–Kier alpha value is -2.81. The van der Waals surface area contributed by atoms with E-state index in [1.54, 1.807) is 12.1 Å². The van der Waals surface area contributed by atoms with Crippen molar-refractivity contribution in [1.82, 2.24) is 4.98 Å². The smallest absolute Gasteiger partial charge is 0.312 e. The summed E-state index contributed by atoms with van der Waals surface area (Å²) in [4.78, 5) is 39.8. The van der Waals surface area contributed by atoms with E-state index < -0.39 is 4.92 Å². The first-order valence-electron chi connectivity index (χ1n) is 8.38. The van der Waals surface area contributed by atoms with Gasteiger partial charge >= 0.3 is 5.69 Å². The van der Waals surface area contributed by atoms with Crippen molar-refractivity contribution in [3.63, 3.8) is 0 Å². The van der Waals surface area contributed by atoms with Crippen molar-refractivity contribution in [2.75, 3.05) is 23.3 Å². The van der Waals surface area contributed by atoms with Crippen molar-refractivity contribution < 1.29 is 14.5 Å². The standard InChI is InChI=1S/C18H17BrN4O4/c19-15-9-20-10-16(23(26)27)17(15)21-18(25)13-5-7-22(8-6-13)14-3-1-12(11-24)2-4-14/h1-4,9-11,13H,5-8H2,(H,20,21,25). The quantitative estimate of drug-likeness (QED) is 0.440. The minimum Gasteiger partial charge on any atom is -0.371 e. The van der Waals surface area contributed by atoms with Gasteiger partial charge in [0.2, 0.25) is 5.91 Å². The third-order valence-corrected chi connectivity index (χ3v) is 5.19. The Labute approximate surface area is 163 Å². The SMILES string of the molecule is O=Cc1ccc(N2CCC(C(=O)Nc3c(Br)cncc3[N+](=O)[O-])CC2)cc1. The molecule has 0 saturated carbocycles. The van der Waals surface area contributed by atoms with E-state index in [1.165, 1.54) is 6.20 Å². The molecule has 0 unspecified atom stereocenters. The minimum absolute atomic E-state index is 0.131. The van der Waals surface area contributed by atoms with Crippen molar-refractivity contribution in [2.45, 2.75) is 12.8 Å². The number of nitrogens with zero attached hydrogens (tertiary/aromatic N) is 3. The second kappa shape index (κ2) is 8.26. The molecule has 1 amide bonds. The molecule has 8 nitrogen and oxygen atoms in total. The van der Waals surface area contributed by atoms with Crippen LogP contribution in [0.25, 0.3) is 0 Å². The molecule has 1 aliphatic rings. The second-order valence-corrected chi connectivity index (χ2v) is 7.09. The predicted molar refractivity (Wildman–Crippen MR) is 104 cm³/mol. The molecule has 2 heterocycles. The van der Waals surface area contributed by atoms with Crippen LogP contribution in [0, 0.1) is 16.0 Å². The molecule has 1 aromatic heterocycles. The van der Waals surface area contributed by atoms with E-state index in [2.05, 4.69) is 31.1 Å². The van der Waals surface area contributed by atoms with Crippen LogP contribution in [0.15, 0.2) is 41.1 Å². The molecular formula is C18H17BrN4O4. The molecule has 140 valence electrons. The number of nitrogens with one attached hydrogen (secondary N) is 1. The fourth-order valence-corrected chi connectivity index (χ4v) is 3.50. The fourth-order valence-electron chi connectivity index (χ4n) is 3.08. The normalized spacial score (nSPS) is 14.6. The van der Waals surface area contributed by atoms with Crippen LogP contribution < -0.4 is 10.2 Å². The van der Waals surface area contributed by atoms with E-state index in [0.29, 0.717) is 36.0 Å². The Morgan fingerprint density at radius 1 is 1.26 bits per heavy atom. The lowest BCUT2D eigenvalue weighted by atomic mass is 9.95. The van der Waals surface area contributed by atoms with Crippen LogP contribution in [0.5, 0.6) is 0 Å². The van der Waals surface area contributed by atoms with Gasteiger partial charge in [-0.1, -0.05) is 0 Å². The maximum atomic E-state index is 12.6. The Balaban J connectivity index is 1.64. The van der Waals surface area contributed by atoms with Gasteiger partial charge in [0.15, 0.2) is 0 Å². The third kappa shape index (κ3) is 4.30. The minimum atomic E-state index is -0.570. The van der Waals surface area contributed by atoms with Crippen LogP contribution in [-0.2, 0) is 4.79 Å². The predicted octanol–water partition coefficient (Wildman–Crippen LogP) is 3.42. The maximum absolute atomic E-state index is 12.6. The Kier molecular flexibility index (Phi) is 5.80. The number of piperidine rings is 1. The number of rotatable bonds is 5. The molecule has 1 aliphatic heterocycles. The molecule has 1 saturated heterocycles. The zero-order valence-corrected chi connectivity index (χ0v) is 15.9. The molecule has 0 radical (unpaired) electrons. The summed E-state index contributed by atoms with van der Waals surface area (Å²) < 4.78 is 0.373. The number of carbonyl (C=O) groups is 2. The summed E-state index contributed by atoms with van der Waals surface area (Å²) in [5.74, 6) is -0.462. The van der Waals surface area contributed by atoms with Gasteiger partial charge in [0.25, 0.3) is 0 Å². The maximum Gasteiger partial charge on any atom is 0.312 e. The molecule has 2 aromatic rings. The monoisotopic (exact) mass is 432 g/mol. The zero-order chi connectivity index (χ0) is 19.4. The topological polar surface area (TPSA) is 105 Å². The molecular weight excluding hydrogens is 416 g/mol. The molecule has 0 bridgehead atoms. The molecule has 1 aromatic carbocycles. The van der Waals surface area contributed by atoms with E-state index >= 15 is 0 Å². The van der Waals surface area contributed by atoms with E-state index in [9.17, 15) is 19.7 Å². The number of hydrogen-bond acceptors (Lipinski definition) is 6. The highest BCUT2D eigenvalue weighted by Crippen LogP contribution is 2.32. The van der Waals surface area contributed by atoms with Gasteiger partial charge in [-0.25, -0.2) is 0 Å². The van der Waals surface area contributed by atoms with Crippen LogP contribution in [0.2, 0.25) is 0 Å². The zero-order valence-electron chi connectivity index (χ0n) is 14.3. The number of amides is 1. The molecule has 9 heteroatoms. The van der Waals surface area contributed by atoms with Crippen LogP contribution >= 0.6 is 15.9 Å². The summed E-state index contributed by atoms with van der Waals surface area (Å²) in [5, 5.41) is 13.8. The summed E-state index contributed by atoms with van der Waals surface area (Å²) in [6.45, 7) is 1.39. The number of nitro groups is 1. The van der Waals surface area contributed by atoms with Crippen LogP contribution in [0.4, 0.5) is 17.1 Å². The van der Waals surface area contributed by atoms with E-state index in [1.807, 2.05) is 12.1 Å². The van der Waals surface area contributed by atoms with Gasteiger partial charge in [0.05, 0.1) is 9.40 Å². The molecule has 1 fully saturated rings. The highest BCUT2D eigenvalue weighted by Gasteiger charge is 2.28. The lowest BCUT2D eigenvalue weighted by molar-refractivity contribution is -0.384. The molecule has 0 spiro atoms. The third-order valence-electron chi connectivity index (χ3n) is 4.58. The number of pyridine rings is 1. The van der Waals surface area contributed by atoms with Gasteiger partial charge in [0.1, 0.15) is 18.2 Å². The molecule has 1 N–H and O–H groups in total. The lowest BCUT2D eigenvalue weighted by Gasteiger charge is -2.33. The van der Waals surface area contributed by atoms with Crippen LogP contribution in [0.3, 0.4) is 0 Å². The van der Waals surface area contributed by atoms with E-state index in [0.717, 1.165) is 18.2 Å². The van der Waals surface area contributed by atoms with Gasteiger partial charge < -0.3 is 10.2 Å². The summed E-state index contributed by atoms with van der Waals surface area (Å²) >= 11 is 3.21. The molecule has 27 heavy (non-hydrogen) atoms.